The van der Waals surface area contributed by atoms with Gasteiger partial charge in [-0.1, -0.05) is 25.1 Å². The van der Waals surface area contributed by atoms with Gasteiger partial charge in [-0.05, 0) is 25.3 Å². The van der Waals surface area contributed by atoms with E-state index in [9.17, 15) is 0 Å². The van der Waals surface area contributed by atoms with Crippen LogP contribution in [0.5, 0.6) is 17.2 Å². The number of aliphatic imine (C=N–C) groups is 1. The van der Waals surface area contributed by atoms with E-state index in [0.29, 0.717) is 42.2 Å². The van der Waals surface area contributed by atoms with Crippen molar-refractivity contribution in [2.75, 3.05) is 34.9 Å². The maximum absolute atomic E-state index is 5.54. The maximum atomic E-state index is 5.54. The van der Waals surface area contributed by atoms with Gasteiger partial charge in [-0.3, -0.25) is 4.99 Å². The highest BCUT2D eigenvalue weighted by molar-refractivity contribution is 14.0. The lowest BCUT2D eigenvalue weighted by atomic mass is 9.99. The second-order valence-electron chi connectivity index (χ2n) is 6.83. The van der Waals surface area contributed by atoms with Gasteiger partial charge < -0.3 is 29.4 Å². The number of halogens is 1. The number of nitrogens with zero attached hydrogens (tertiary/aromatic N) is 2. The van der Waals surface area contributed by atoms with Crippen molar-refractivity contribution in [1.29, 1.82) is 0 Å². The summed E-state index contributed by atoms with van der Waals surface area (Å²) in [7, 11) is 6.58. The van der Waals surface area contributed by atoms with E-state index in [1.165, 1.54) is 0 Å². The van der Waals surface area contributed by atoms with Crippen LogP contribution in [0.4, 0.5) is 0 Å². The number of aromatic nitrogens is 1. The Balaban J connectivity index is 0.00000480. The summed E-state index contributed by atoms with van der Waals surface area (Å²) in [5, 5.41) is 10.8. The van der Waals surface area contributed by atoms with E-state index < -0.39 is 0 Å². The molecule has 2 N–H and O–H groups in total. The van der Waals surface area contributed by atoms with Gasteiger partial charge in [0, 0.05) is 31.1 Å². The number of ether oxygens (including phenoxy) is 3. The lowest BCUT2D eigenvalue weighted by molar-refractivity contribution is 0.322. The van der Waals surface area contributed by atoms with E-state index in [-0.39, 0.29) is 24.0 Å². The summed E-state index contributed by atoms with van der Waals surface area (Å²) in [6, 6.07) is 5.88. The molecule has 9 heteroatoms. The maximum Gasteiger partial charge on any atom is 0.203 e. The highest BCUT2D eigenvalue weighted by Crippen LogP contribution is 2.39. The van der Waals surface area contributed by atoms with Crippen molar-refractivity contribution in [2.24, 2.45) is 4.99 Å². The summed E-state index contributed by atoms with van der Waals surface area (Å²) in [5.74, 6) is 3.84. The molecule has 2 aromatic rings. The van der Waals surface area contributed by atoms with Crippen molar-refractivity contribution in [3.8, 4) is 17.2 Å². The van der Waals surface area contributed by atoms with Gasteiger partial charge in [0.25, 0.3) is 0 Å². The molecular formula is C22H35IN4O4. The molecule has 0 saturated heterocycles. The molecule has 0 aliphatic carbocycles. The Labute approximate surface area is 202 Å². The van der Waals surface area contributed by atoms with Gasteiger partial charge in [0.1, 0.15) is 0 Å². The molecule has 0 aliphatic heterocycles. The number of benzene rings is 1. The van der Waals surface area contributed by atoms with Crippen LogP contribution >= 0.6 is 24.0 Å². The van der Waals surface area contributed by atoms with Crippen LogP contribution in [0.1, 0.15) is 49.6 Å². The minimum absolute atomic E-state index is 0. The molecule has 0 fully saturated rings. The van der Waals surface area contributed by atoms with Gasteiger partial charge >= 0.3 is 0 Å². The first kappa shape index (κ1) is 26.9. The van der Waals surface area contributed by atoms with Crippen LogP contribution in [-0.4, -0.2) is 46.0 Å². The molecule has 2 rings (SSSR count). The second-order valence-corrected chi connectivity index (χ2v) is 6.83. The van der Waals surface area contributed by atoms with E-state index in [4.69, 9.17) is 18.7 Å². The van der Waals surface area contributed by atoms with Gasteiger partial charge in [-0.25, -0.2) is 0 Å². The number of nitrogens with one attached hydrogen (secondary N) is 2. The largest absolute Gasteiger partial charge is 0.493 e. The monoisotopic (exact) mass is 546 g/mol. The average Bonchev–Trinajstić information content (AvgIpc) is 3.24. The third-order valence-electron chi connectivity index (χ3n) is 5.11. The standard InChI is InChI=1S/C22H34N4O4.HI/c1-7-15(8-2)18-13-17(30-26-18)14-25-22(23-3)24-12-11-16-9-10-19(27-4)21(29-6)20(16)28-5;/h9-10,13,15H,7-8,11-12,14H2,1-6H3,(H2,23,24,25);1H. The first-order chi connectivity index (χ1) is 14.6. The normalized spacial score (nSPS) is 11.1. The molecule has 174 valence electrons. The van der Waals surface area contributed by atoms with Crippen molar-refractivity contribution in [3.63, 3.8) is 0 Å². The quantitative estimate of drug-likeness (QED) is 0.249. The van der Waals surface area contributed by atoms with E-state index in [1.807, 2.05) is 18.2 Å². The Bertz CT molecular complexity index is 822. The molecule has 1 heterocycles. The summed E-state index contributed by atoms with van der Waals surface area (Å²) in [5.41, 5.74) is 2.03. The molecule has 1 aromatic carbocycles. The highest BCUT2D eigenvalue weighted by atomic mass is 127. The summed E-state index contributed by atoms with van der Waals surface area (Å²) in [6.07, 6.45) is 2.84. The fourth-order valence-electron chi connectivity index (χ4n) is 3.38. The minimum atomic E-state index is 0. The molecular weight excluding hydrogens is 511 g/mol. The molecule has 0 aliphatic rings. The van der Waals surface area contributed by atoms with Crippen molar-refractivity contribution in [2.45, 2.75) is 45.6 Å². The Morgan fingerprint density at radius 2 is 1.77 bits per heavy atom. The van der Waals surface area contributed by atoms with Crippen LogP contribution in [0.25, 0.3) is 0 Å². The number of methoxy groups -OCH3 is 3. The predicted octanol–water partition coefficient (Wildman–Crippen LogP) is 4.13. The van der Waals surface area contributed by atoms with Crippen molar-refractivity contribution in [3.05, 3.63) is 35.2 Å². The Kier molecular flexibility index (Phi) is 12.1. The highest BCUT2D eigenvalue weighted by Gasteiger charge is 2.16. The van der Waals surface area contributed by atoms with Gasteiger partial charge in [0.15, 0.2) is 23.2 Å². The summed E-state index contributed by atoms with van der Waals surface area (Å²) in [6.45, 7) is 5.52. The lowest BCUT2D eigenvalue weighted by Gasteiger charge is -2.16. The van der Waals surface area contributed by atoms with Crippen molar-refractivity contribution >= 4 is 29.9 Å². The Hall–Kier alpha value is -2.17. The SMILES string of the molecule is CCC(CC)c1cc(CNC(=NC)NCCc2ccc(OC)c(OC)c2OC)on1.I. The third-order valence-corrected chi connectivity index (χ3v) is 5.11. The molecule has 0 unspecified atom stereocenters. The van der Waals surface area contributed by atoms with Crippen LogP contribution in [-0.2, 0) is 13.0 Å². The first-order valence-corrected chi connectivity index (χ1v) is 10.3. The molecule has 31 heavy (non-hydrogen) atoms. The fraction of sp³-hybridized carbons (Fsp3) is 0.545. The number of hydrogen-bond acceptors (Lipinski definition) is 6. The summed E-state index contributed by atoms with van der Waals surface area (Å²) >= 11 is 0. The van der Waals surface area contributed by atoms with Crippen LogP contribution in [0.3, 0.4) is 0 Å². The molecule has 8 nitrogen and oxygen atoms in total. The second kappa shape index (κ2) is 14.0. The third kappa shape index (κ3) is 7.19. The smallest absolute Gasteiger partial charge is 0.203 e. The molecule has 0 amide bonds. The topological polar surface area (TPSA) is 90.1 Å². The van der Waals surface area contributed by atoms with E-state index in [0.717, 1.165) is 36.3 Å². The number of hydrogen-bond donors (Lipinski definition) is 2. The molecule has 0 radical (unpaired) electrons. The molecule has 0 bridgehead atoms. The molecule has 1 aromatic heterocycles. The zero-order chi connectivity index (χ0) is 21.9. The summed E-state index contributed by atoms with van der Waals surface area (Å²) < 4.78 is 21.8. The Morgan fingerprint density at radius 1 is 1.06 bits per heavy atom. The van der Waals surface area contributed by atoms with E-state index in [1.54, 1.807) is 28.4 Å². The fourth-order valence-corrected chi connectivity index (χ4v) is 3.38. The number of rotatable bonds is 11. The van der Waals surface area contributed by atoms with E-state index in [2.05, 4.69) is 34.6 Å². The number of guanidine groups is 1. The van der Waals surface area contributed by atoms with Crippen molar-refractivity contribution in [1.82, 2.24) is 15.8 Å². The molecule has 0 saturated carbocycles. The zero-order valence-corrected chi connectivity index (χ0v) is 21.6. The summed E-state index contributed by atoms with van der Waals surface area (Å²) in [4.78, 5) is 4.27. The average molecular weight is 546 g/mol. The zero-order valence-electron chi connectivity index (χ0n) is 19.3. The van der Waals surface area contributed by atoms with Gasteiger partial charge in [0.05, 0.1) is 33.6 Å². The van der Waals surface area contributed by atoms with E-state index >= 15 is 0 Å². The Morgan fingerprint density at radius 3 is 2.35 bits per heavy atom. The van der Waals surface area contributed by atoms with Crippen LogP contribution in [0, 0.1) is 0 Å². The first-order valence-electron chi connectivity index (χ1n) is 10.3. The van der Waals surface area contributed by atoms with Crippen LogP contribution < -0.4 is 24.8 Å². The minimum Gasteiger partial charge on any atom is -0.493 e. The predicted molar refractivity (Wildman–Crippen MR) is 133 cm³/mol. The van der Waals surface area contributed by atoms with Crippen LogP contribution in [0.15, 0.2) is 27.7 Å². The lowest BCUT2D eigenvalue weighted by Crippen LogP contribution is -2.37. The molecule has 0 spiro atoms. The van der Waals surface area contributed by atoms with Crippen molar-refractivity contribution < 1.29 is 18.7 Å². The van der Waals surface area contributed by atoms with Gasteiger partial charge in [-0.15, -0.1) is 24.0 Å². The molecule has 0 atom stereocenters. The van der Waals surface area contributed by atoms with Gasteiger partial charge in [0.2, 0.25) is 5.75 Å². The van der Waals surface area contributed by atoms with Crippen LogP contribution in [0.2, 0.25) is 0 Å². The van der Waals surface area contributed by atoms with Gasteiger partial charge in [-0.2, -0.15) is 0 Å².